The second-order valence-electron chi connectivity index (χ2n) is 5.17. The molecule has 0 radical (unpaired) electrons. The van der Waals surface area contributed by atoms with Gasteiger partial charge in [0.05, 0.1) is 0 Å². The Bertz CT molecular complexity index is 213. The zero-order chi connectivity index (χ0) is 11.4. The molecule has 0 spiro atoms. The third-order valence-electron chi connectivity index (χ3n) is 2.17. The maximum atomic E-state index is 11.1. The number of esters is 1. The number of carbonyl (C=O) groups is 1. The van der Waals surface area contributed by atoms with Crippen LogP contribution in [0, 0.1) is 5.41 Å². The first-order valence-electron chi connectivity index (χ1n) is 5.08. The number of ether oxygens (including phenoxy) is 1. The van der Waals surface area contributed by atoms with Crippen LogP contribution in [0.3, 0.4) is 0 Å². The highest BCUT2D eigenvalue weighted by Gasteiger charge is 2.31. The van der Waals surface area contributed by atoms with Crippen LogP contribution in [-0.2, 0) is 9.53 Å². The maximum Gasteiger partial charge on any atom is 0.330 e. The van der Waals surface area contributed by atoms with Crippen molar-refractivity contribution < 1.29 is 9.53 Å². The fourth-order valence-electron chi connectivity index (χ4n) is 1.64. The molecule has 0 bridgehead atoms. The highest BCUT2D eigenvalue weighted by Crippen LogP contribution is 2.32. The summed E-state index contributed by atoms with van der Waals surface area (Å²) in [5, 5.41) is 0. The second-order valence-corrected chi connectivity index (χ2v) is 5.17. The van der Waals surface area contributed by atoms with Crippen LogP contribution in [0.4, 0.5) is 0 Å². The van der Waals surface area contributed by atoms with Crippen molar-refractivity contribution in [2.75, 3.05) is 0 Å². The van der Waals surface area contributed by atoms with Crippen molar-refractivity contribution in [1.82, 2.24) is 0 Å². The van der Waals surface area contributed by atoms with Gasteiger partial charge in [-0.1, -0.05) is 34.3 Å². The van der Waals surface area contributed by atoms with Gasteiger partial charge in [0.1, 0.15) is 5.60 Å². The van der Waals surface area contributed by atoms with E-state index in [0.717, 1.165) is 12.8 Å². The first-order valence-corrected chi connectivity index (χ1v) is 5.08. The molecule has 14 heavy (non-hydrogen) atoms. The van der Waals surface area contributed by atoms with Crippen LogP contribution >= 0.6 is 0 Å². The minimum atomic E-state index is -0.372. The van der Waals surface area contributed by atoms with Crippen molar-refractivity contribution in [3.05, 3.63) is 12.7 Å². The maximum absolute atomic E-state index is 11.1. The second kappa shape index (κ2) is 4.63. The number of rotatable bonds is 4. The largest absolute Gasteiger partial charge is 0.456 e. The third kappa shape index (κ3) is 5.05. The van der Waals surface area contributed by atoms with Gasteiger partial charge >= 0.3 is 5.97 Å². The molecule has 2 nitrogen and oxygen atoms in total. The molecule has 0 aliphatic rings. The molecule has 0 aromatic heterocycles. The fourth-order valence-corrected chi connectivity index (χ4v) is 1.64. The van der Waals surface area contributed by atoms with Crippen LogP contribution in [-0.4, -0.2) is 11.6 Å². The van der Waals surface area contributed by atoms with Crippen molar-refractivity contribution in [3.8, 4) is 0 Å². The molecule has 1 atom stereocenters. The number of hydrogen-bond donors (Lipinski definition) is 0. The molecule has 0 aromatic carbocycles. The molecule has 0 saturated carbocycles. The van der Waals surface area contributed by atoms with E-state index in [0.29, 0.717) is 0 Å². The predicted octanol–water partition coefficient (Wildman–Crippen LogP) is 3.32. The highest BCUT2D eigenvalue weighted by atomic mass is 16.6. The topological polar surface area (TPSA) is 26.3 Å². The Morgan fingerprint density at radius 1 is 1.36 bits per heavy atom. The van der Waals surface area contributed by atoms with Gasteiger partial charge in [0.25, 0.3) is 0 Å². The van der Waals surface area contributed by atoms with E-state index in [2.05, 4.69) is 27.4 Å². The molecule has 1 unspecified atom stereocenters. The van der Waals surface area contributed by atoms with Crippen LogP contribution in [0.15, 0.2) is 12.7 Å². The minimum absolute atomic E-state index is 0.159. The highest BCUT2D eigenvalue weighted by molar-refractivity contribution is 5.81. The first-order chi connectivity index (χ1) is 6.22. The van der Waals surface area contributed by atoms with E-state index in [1.165, 1.54) is 6.08 Å². The summed E-state index contributed by atoms with van der Waals surface area (Å²) in [6.45, 7) is 13.8. The average molecular weight is 198 g/mol. The van der Waals surface area contributed by atoms with Gasteiger partial charge in [-0.3, -0.25) is 0 Å². The van der Waals surface area contributed by atoms with E-state index >= 15 is 0 Å². The third-order valence-corrected chi connectivity index (χ3v) is 2.17. The Labute approximate surface area is 87.3 Å². The lowest BCUT2D eigenvalue weighted by atomic mass is 9.81. The Hall–Kier alpha value is -0.790. The van der Waals surface area contributed by atoms with E-state index < -0.39 is 0 Å². The molecule has 0 rings (SSSR count). The van der Waals surface area contributed by atoms with Crippen LogP contribution in [0.2, 0.25) is 0 Å². The van der Waals surface area contributed by atoms with Crippen LogP contribution in [0.5, 0.6) is 0 Å². The molecular formula is C12H22O2. The van der Waals surface area contributed by atoms with Crippen molar-refractivity contribution in [2.24, 2.45) is 5.41 Å². The van der Waals surface area contributed by atoms with Gasteiger partial charge in [-0.15, -0.1) is 0 Å². The van der Waals surface area contributed by atoms with Gasteiger partial charge in [-0.2, -0.15) is 0 Å². The molecule has 0 fully saturated rings. The molecule has 2 heteroatoms. The van der Waals surface area contributed by atoms with Crippen LogP contribution in [0.1, 0.15) is 47.5 Å². The zero-order valence-electron chi connectivity index (χ0n) is 10.0. The number of carbonyl (C=O) groups excluding carboxylic acids is 1. The van der Waals surface area contributed by atoms with E-state index in [1.807, 2.05) is 13.8 Å². The molecule has 0 aliphatic heterocycles. The monoisotopic (exact) mass is 198 g/mol. The summed E-state index contributed by atoms with van der Waals surface area (Å²) in [5.41, 5.74) is -0.213. The summed E-state index contributed by atoms with van der Waals surface area (Å²) in [4.78, 5) is 11.1. The smallest absolute Gasteiger partial charge is 0.330 e. The molecule has 0 aliphatic carbocycles. The van der Waals surface area contributed by atoms with Crippen molar-refractivity contribution in [2.45, 2.75) is 53.1 Å². The standard InChI is InChI=1S/C12H22O2/c1-7-10(13)14-12(6,8-2)9-11(3,4)5/h7H,1,8-9H2,2-6H3. The number of hydrogen-bond acceptors (Lipinski definition) is 2. The Kier molecular flexibility index (Phi) is 4.37. The quantitative estimate of drug-likeness (QED) is 0.511. The van der Waals surface area contributed by atoms with Crippen molar-refractivity contribution >= 4 is 5.97 Å². The van der Waals surface area contributed by atoms with Gasteiger partial charge in [0.2, 0.25) is 0 Å². The predicted molar refractivity (Wildman–Crippen MR) is 59.1 cm³/mol. The summed E-state index contributed by atoms with van der Waals surface area (Å²) in [5.74, 6) is -0.335. The summed E-state index contributed by atoms with van der Waals surface area (Å²) in [6, 6.07) is 0. The average Bonchev–Trinajstić information content (AvgIpc) is 2.00. The van der Waals surface area contributed by atoms with Crippen molar-refractivity contribution in [3.63, 3.8) is 0 Å². The molecule has 0 N–H and O–H groups in total. The summed E-state index contributed by atoms with van der Waals surface area (Å²) in [7, 11) is 0. The fraction of sp³-hybridized carbons (Fsp3) is 0.750. The molecular weight excluding hydrogens is 176 g/mol. The van der Waals surface area contributed by atoms with Gasteiger partial charge in [-0.05, 0) is 25.2 Å². The minimum Gasteiger partial charge on any atom is -0.456 e. The molecule has 0 amide bonds. The van der Waals surface area contributed by atoms with E-state index in [9.17, 15) is 4.79 Å². The molecule has 0 heterocycles. The van der Waals surface area contributed by atoms with E-state index in [-0.39, 0.29) is 17.0 Å². The van der Waals surface area contributed by atoms with Gasteiger partial charge in [0.15, 0.2) is 0 Å². The van der Waals surface area contributed by atoms with Crippen molar-refractivity contribution in [1.29, 1.82) is 0 Å². The van der Waals surface area contributed by atoms with E-state index in [1.54, 1.807) is 0 Å². The van der Waals surface area contributed by atoms with Crippen LogP contribution < -0.4 is 0 Å². The Morgan fingerprint density at radius 3 is 2.14 bits per heavy atom. The Morgan fingerprint density at radius 2 is 1.86 bits per heavy atom. The SMILES string of the molecule is C=CC(=O)OC(C)(CC)CC(C)(C)C. The van der Waals surface area contributed by atoms with Gasteiger partial charge < -0.3 is 4.74 Å². The van der Waals surface area contributed by atoms with Crippen LogP contribution in [0.25, 0.3) is 0 Å². The summed E-state index contributed by atoms with van der Waals surface area (Å²) < 4.78 is 5.36. The normalized spacial score (nSPS) is 15.8. The molecule has 0 aromatic rings. The zero-order valence-corrected chi connectivity index (χ0v) is 10.0. The lowest BCUT2D eigenvalue weighted by molar-refractivity contribution is -0.154. The lowest BCUT2D eigenvalue weighted by Crippen LogP contribution is -2.34. The van der Waals surface area contributed by atoms with Gasteiger partial charge in [-0.25, -0.2) is 4.79 Å². The first kappa shape index (κ1) is 13.2. The molecule has 0 saturated heterocycles. The van der Waals surface area contributed by atoms with Gasteiger partial charge in [0, 0.05) is 6.08 Å². The molecule has 82 valence electrons. The summed E-state index contributed by atoms with van der Waals surface area (Å²) in [6.07, 6.45) is 2.90. The Balaban J connectivity index is 4.47. The summed E-state index contributed by atoms with van der Waals surface area (Å²) >= 11 is 0. The van der Waals surface area contributed by atoms with E-state index in [4.69, 9.17) is 4.74 Å². The lowest BCUT2D eigenvalue weighted by Gasteiger charge is -2.34.